The number of nitrogens with one attached hydrogen (secondary N) is 1. The third kappa shape index (κ3) is 8.10. The first-order valence-corrected chi connectivity index (χ1v) is 13.0. The minimum Gasteiger partial charge on any atom is -0.494 e. The summed E-state index contributed by atoms with van der Waals surface area (Å²) in [5.41, 5.74) is 3.14. The molecule has 2 fully saturated rings. The molecule has 2 bridgehead atoms. The lowest BCUT2D eigenvalue weighted by Crippen LogP contribution is -2.57. The highest BCUT2D eigenvalue weighted by molar-refractivity contribution is 8.00. The van der Waals surface area contributed by atoms with Crippen LogP contribution in [-0.2, 0) is 4.79 Å². The van der Waals surface area contributed by atoms with Gasteiger partial charge in [-0.15, -0.1) is 0 Å². The van der Waals surface area contributed by atoms with Crippen LogP contribution in [-0.4, -0.2) is 72.1 Å². The van der Waals surface area contributed by atoms with E-state index < -0.39 is 5.51 Å². The van der Waals surface area contributed by atoms with E-state index in [0.717, 1.165) is 32.5 Å². The Morgan fingerprint density at radius 2 is 1.78 bits per heavy atom. The molecule has 2 saturated heterocycles. The summed E-state index contributed by atoms with van der Waals surface area (Å²) >= 11 is -0.178. The predicted molar refractivity (Wildman–Crippen MR) is 136 cm³/mol. The molecule has 2 aromatic carbocycles. The van der Waals surface area contributed by atoms with Gasteiger partial charge in [0.15, 0.2) is 0 Å². The van der Waals surface area contributed by atoms with E-state index in [0.29, 0.717) is 42.1 Å². The number of halogens is 3. The lowest BCUT2D eigenvalue weighted by atomic mass is 10.1. The fourth-order valence-corrected chi connectivity index (χ4v) is 5.50. The van der Waals surface area contributed by atoms with Gasteiger partial charge in [-0.2, -0.15) is 18.4 Å². The van der Waals surface area contributed by atoms with Crippen molar-refractivity contribution >= 4 is 23.4 Å². The molecule has 2 aliphatic rings. The zero-order chi connectivity index (χ0) is 26.4. The topological polar surface area (TPSA) is 94.6 Å². The number of hydrogen-bond donors (Lipinski definition) is 2. The zero-order valence-electron chi connectivity index (χ0n) is 20.3. The number of nitriles is 1. The molecular weight excluding hydrogens is 503 g/mol. The number of fused-ring (bicyclic) bond motifs is 2. The zero-order valence-corrected chi connectivity index (χ0v) is 21.1. The number of thioether (sulfide) groups is 1. The standard InChI is InChI=1S/C26H30F3N5O2S/c27-26(28,29)37-24-9-3-20(4-10-24)32-25(35)17-33-15-21-5-6-22(16-33)34(21)14-19(31)11-12-36-23-7-1-18(13-30)2-8-23/h1-4,7-10,19,21-22H,5-6,11-12,14-17,31H2,(H,32,35). The van der Waals surface area contributed by atoms with E-state index in [1.54, 1.807) is 24.3 Å². The van der Waals surface area contributed by atoms with Crippen molar-refractivity contribution in [3.8, 4) is 11.8 Å². The highest BCUT2D eigenvalue weighted by Gasteiger charge is 2.40. The molecule has 1 amide bonds. The molecule has 0 aromatic heterocycles. The molecule has 11 heteroatoms. The Morgan fingerprint density at radius 1 is 1.14 bits per heavy atom. The van der Waals surface area contributed by atoms with Crippen LogP contribution < -0.4 is 15.8 Å². The number of carbonyl (C=O) groups excluding carboxylic acids is 1. The molecule has 0 spiro atoms. The molecule has 2 heterocycles. The summed E-state index contributed by atoms with van der Waals surface area (Å²) in [7, 11) is 0. The minimum absolute atomic E-state index is 0.0326. The summed E-state index contributed by atoms with van der Waals surface area (Å²) in [5, 5.41) is 11.7. The van der Waals surface area contributed by atoms with Crippen molar-refractivity contribution in [3.05, 3.63) is 54.1 Å². The maximum absolute atomic E-state index is 12.6. The summed E-state index contributed by atoms with van der Waals surface area (Å²) in [6.07, 6.45) is 2.84. The lowest BCUT2D eigenvalue weighted by Gasteiger charge is -2.41. The van der Waals surface area contributed by atoms with Gasteiger partial charge in [0.25, 0.3) is 0 Å². The molecule has 37 heavy (non-hydrogen) atoms. The van der Waals surface area contributed by atoms with Crippen LogP contribution >= 0.6 is 11.8 Å². The lowest BCUT2D eigenvalue weighted by molar-refractivity contribution is -0.118. The average molecular weight is 534 g/mol. The Kier molecular flexibility index (Phi) is 8.97. The first-order chi connectivity index (χ1) is 17.7. The van der Waals surface area contributed by atoms with E-state index in [1.165, 1.54) is 24.3 Å². The number of amides is 1. The summed E-state index contributed by atoms with van der Waals surface area (Å²) in [5.74, 6) is 0.537. The number of nitrogens with two attached hydrogens (primary N) is 1. The van der Waals surface area contributed by atoms with Crippen LogP contribution in [0.4, 0.5) is 18.9 Å². The van der Waals surface area contributed by atoms with Crippen LogP contribution in [0.25, 0.3) is 0 Å². The van der Waals surface area contributed by atoms with Crippen molar-refractivity contribution in [2.75, 3.05) is 38.1 Å². The molecule has 2 aliphatic heterocycles. The summed E-state index contributed by atoms with van der Waals surface area (Å²) in [6, 6.07) is 15.4. The number of hydrogen-bond acceptors (Lipinski definition) is 7. The van der Waals surface area contributed by atoms with Crippen molar-refractivity contribution < 1.29 is 22.7 Å². The maximum atomic E-state index is 12.6. The number of anilines is 1. The summed E-state index contributed by atoms with van der Waals surface area (Å²) in [4.78, 5) is 17.2. The number of piperazine rings is 1. The first kappa shape index (κ1) is 27.3. The molecular formula is C26H30F3N5O2S. The Hall–Kier alpha value is -2.78. The molecule has 0 aliphatic carbocycles. The Labute approximate surface area is 218 Å². The first-order valence-electron chi connectivity index (χ1n) is 12.2. The van der Waals surface area contributed by atoms with Gasteiger partial charge in [-0.3, -0.25) is 14.6 Å². The van der Waals surface area contributed by atoms with Gasteiger partial charge in [0.2, 0.25) is 5.91 Å². The van der Waals surface area contributed by atoms with E-state index in [4.69, 9.17) is 15.7 Å². The highest BCUT2D eigenvalue weighted by Crippen LogP contribution is 2.37. The Balaban J connectivity index is 1.18. The SMILES string of the molecule is N#Cc1ccc(OCCC(N)CN2C3CCC2CN(CC(=O)Nc2ccc(SC(F)(F)F)cc2)C3)cc1. The average Bonchev–Trinajstić information content (AvgIpc) is 3.07. The third-order valence-electron chi connectivity index (χ3n) is 6.63. The van der Waals surface area contributed by atoms with Crippen LogP contribution in [0.2, 0.25) is 0 Å². The van der Waals surface area contributed by atoms with E-state index in [-0.39, 0.29) is 35.2 Å². The third-order valence-corrected chi connectivity index (χ3v) is 7.37. The van der Waals surface area contributed by atoms with E-state index in [1.807, 2.05) is 0 Å². The molecule has 3 unspecified atom stereocenters. The van der Waals surface area contributed by atoms with E-state index >= 15 is 0 Å². The monoisotopic (exact) mass is 533 g/mol. The molecule has 7 nitrogen and oxygen atoms in total. The number of likely N-dealkylation sites (tertiary alicyclic amines) is 1. The van der Waals surface area contributed by atoms with Gasteiger partial charge in [-0.25, -0.2) is 0 Å². The van der Waals surface area contributed by atoms with Gasteiger partial charge in [-0.05, 0) is 79.6 Å². The quantitative estimate of drug-likeness (QED) is 0.445. The number of alkyl halides is 3. The largest absolute Gasteiger partial charge is 0.494 e. The highest BCUT2D eigenvalue weighted by atomic mass is 32.2. The smallest absolute Gasteiger partial charge is 0.446 e. The number of benzene rings is 2. The number of ether oxygens (including phenoxy) is 1. The van der Waals surface area contributed by atoms with Gasteiger partial charge in [0.1, 0.15) is 5.75 Å². The molecule has 3 N–H and O–H groups in total. The molecule has 4 rings (SSSR count). The van der Waals surface area contributed by atoms with Crippen LogP contribution in [0.15, 0.2) is 53.4 Å². The molecule has 0 radical (unpaired) electrons. The minimum atomic E-state index is -4.34. The normalized spacial score (nSPS) is 20.8. The van der Waals surface area contributed by atoms with E-state index in [9.17, 15) is 18.0 Å². The fraction of sp³-hybridized carbons (Fsp3) is 0.462. The number of rotatable bonds is 10. The molecule has 198 valence electrons. The predicted octanol–water partition coefficient (Wildman–Crippen LogP) is 4.05. The van der Waals surface area contributed by atoms with Gasteiger partial charge < -0.3 is 15.8 Å². The maximum Gasteiger partial charge on any atom is 0.446 e. The molecule has 3 atom stereocenters. The van der Waals surface area contributed by atoms with Crippen LogP contribution in [0.5, 0.6) is 5.75 Å². The van der Waals surface area contributed by atoms with Crippen molar-refractivity contribution in [2.45, 2.75) is 47.8 Å². The van der Waals surface area contributed by atoms with Crippen LogP contribution in [0, 0.1) is 11.3 Å². The second-order valence-corrected chi connectivity index (χ2v) is 10.6. The van der Waals surface area contributed by atoms with E-state index in [2.05, 4.69) is 21.2 Å². The number of carbonyl (C=O) groups is 1. The molecule has 2 aromatic rings. The van der Waals surface area contributed by atoms with Gasteiger partial charge in [-0.1, -0.05) is 0 Å². The summed E-state index contributed by atoms with van der Waals surface area (Å²) < 4.78 is 43.2. The summed E-state index contributed by atoms with van der Waals surface area (Å²) in [6.45, 7) is 3.07. The van der Waals surface area contributed by atoms with Gasteiger partial charge in [0.05, 0.1) is 24.8 Å². The van der Waals surface area contributed by atoms with Crippen LogP contribution in [0.1, 0.15) is 24.8 Å². The fourth-order valence-electron chi connectivity index (χ4n) is 4.96. The second kappa shape index (κ2) is 12.2. The van der Waals surface area contributed by atoms with Crippen LogP contribution in [0.3, 0.4) is 0 Å². The van der Waals surface area contributed by atoms with Crippen molar-refractivity contribution in [2.24, 2.45) is 5.73 Å². The number of nitrogens with zero attached hydrogens (tertiary/aromatic N) is 3. The Bertz CT molecular complexity index is 1080. The molecule has 0 saturated carbocycles. The van der Waals surface area contributed by atoms with Crippen molar-refractivity contribution in [3.63, 3.8) is 0 Å². The van der Waals surface area contributed by atoms with Crippen molar-refractivity contribution in [1.29, 1.82) is 5.26 Å². The Morgan fingerprint density at radius 3 is 2.38 bits per heavy atom. The second-order valence-electron chi connectivity index (χ2n) is 9.43. The van der Waals surface area contributed by atoms with Gasteiger partial charge in [0, 0.05) is 48.3 Å². The van der Waals surface area contributed by atoms with Crippen molar-refractivity contribution in [1.82, 2.24) is 9.80 Å². The van der Waals surface area contributed by atoms with Gasteiger partial charge >= 0.3 is 5.51 Å².